The maximum absolute atomic E-state index is 10.7. The molecule has 2 saturated heterocycles. The molecule has 0 amide bonds. The first-order valence-electron chi connectivity index (χ1n) is 7.63. The Kier molecular flexibility index (Phi) is 7.28. The van der Waals surface area contributed by atoms with E-state index in [1.807, 2.05) is 0 Å². The van der Waals surface area contributed by atoms with Crippen LogP contribution in [0.1, 0.15) is 6.42 Å². The Balaban J connectivity index is 2.12. The predicted octanol–water partition coefficient (Wildman–Crippen LogP) is -4.54. The highest BCUT2D eigenvalue weighted by atomic mass is 32.3. The van der Waals surface area contributed by atoms with E-state index in [9.17, 15) is 34.0 Å². The van der Waals surface area contributed by atoms with Gasteiger partial charge < -0.3 is 44.8 Å². The standard InChI is InChI=1S/C12H22O13S/c13-2-6-4(14)1-5(15)12(24-6)25-10-7(3-22-26(19,20)21)23-11(18)9(17)8(10)16/h4-18H,1-3H2,(H,19,20,21)/t4-,5+,6?,7+,8?,9?,10-,11-,12+/m1/s1. The molecule has 26 heavy (non-hydrogen) atoms. The SMILES string of the molecule is O=S(=O)(O)OC[C@@H]1O[C@@H](O)C(O)C(O)[C@@H]1O[C@@H]1OC(CO)[C@H](O)C[C@@H]1O. The van der Waals surface area contributed by atoms with Crippen molar-refractivity contribution < 1.29 is 62.0 Å². The maximum atomic E-state index is 10.7. The minimum atomic E-state index is -4.87. The third kappa shape index (κ3) is 5.28. The number of rotatable bonds is 6. The van der Waals surface area contributed by atoms with Gasteiger partial charge in [0, 0.05) is 6.42 Å². The van der Waals surface area contributed by atoms with Crippen LogP contribution in [0.15, 0.2) is 0 Å². The smallest absolute Gasteiger partial charge is 0.394 e. The summed E-state index contributed by atoms with van der Waals surface area (Å²) in [5, 5.41) is 58.1. The van der Waals surface area contributed by atoms with Crippen molar-refractivity contribution in [2.45, 2.75) is 61.7 Å². The van der Waals surface area contributed by atoms with E-state index < -0.39 is 78.9 Å². The van der Waals surface area contributed by atoms with Crippen LogP contribution in [0.5, 0.6) is 0 Å². The molecule has 2 rings (SSSR count). The minimum Gasteiger partial charge on any atom is -0.394 e. The molecule has 2 aliphatic rings. The lowest BCUT2D eigenvalue weighted by atomic mass is 9.98. The molecule has 0 aromatic rings. The van der Waals surface area contributed by atoms with Crippen LogP contribution in [0.4, 0.5) is 0 Å². The van der Waals surface area contributed by atoms with Gasteiger partial charge in [0.1, 0.15) is 36.6 Å². The Morgan fingerprint density at radius 1 is 0.962 bits per heavy atom. The third-order valence-corrected chi connectivity index (χ3v) is 4.48. The Hall–Kier alpha value is -0.490. The molecule has 0 bridgehead atoms. The molecule has 0 aromatic heterocycles. The molecule has 0 aromatic carbocycles. The van der Waals surface area contributed by atoms with Crippen molar-refractivity contribution >= 4 is 10.4 Å². The van der Waals surface area contributed by atoms with E-state index in [0.29, 0.717) is 0 Å². The predicted molar refractivity (Wildman–Crippen MR) is 77.6 cm³/mol. The van der Waals surface area contributed by atoms with Crippen LogP contribution in [-0.4, -0.2) is 112 Å². The van der Waals surface area contributed by atoms with E-state index in [4.69, 9.17) is 23.9 Å². The molecule has 13 nitrogen and oxygen atoms in total. The molecule has 7 N–H and O–H groups in total. The van der Waals surface area contributed by atoms with E-state index in [2.05, 4.69) is 4.18 Å². The number of aliphatic hydroxyl groups excluding tert-OH is 6. The Morgan fingerprint density at radius 3 is 2.19 bits per heavy atom. The molecule has 2 fully saturated rings. The average Bonchev–Trinajstić information content (AvgIpc) is 2.55. The molecule has 0 spiro atoms. The van der Waals surface area contributed by atoms with Gasteiger partial charge in [-0.25, -0.2) is 4.18 Å². The van der Waals surface area contributed by atoms with Gasteiger partial charge in [0.15, 0.2) is 12.6 Å². The fourth-order valence-electron chi connectivity index (χ4n) is 2.68. The lowest BCUT2D eigenvalue weighted by Gasteiger charge is -2.44. The highest BCUT2D eigenvalue weighted by Gasteiger charge is 2.48. The van der Waals surface area contributed by atoms with Crippen LogP contribution in [0, 0.1) is 0 Å². The van der Waals surface area contributed by atoms with Crippen LogP contribution >= 0.6 is 0 Å². The molecule has 2 aliphatic heterocycles. The van der Waals surface area contributed by atoms with Gasteiger partial charge in [-0.3, -0.25) is 4.55 Å². The second-order valence-corrected chi connectivity index (χ2v) is 7.05. The molecule has 0 aliphatic carbocycles. The van der Waals surface area contributed by atoms with E-state index in [1.54, 1.807) is 0 Å². The molecule has 0 saturated carbocycles. The van der Waals surface area contributed by atoms with E-state index in [0.717, 1.165) is 0 Å². The van der Waals surface area contributed by atoms with E-state index >= 15 is 0 Å². The molecule has 0 radical (unpaired) electrons. The summed E-state index contributed by atoms with van der Waals surface area (Å²) in [6.07, 6.45) is -13.9. The summed E-state index contributed by atoms with van der Waals surface area (Å²) in [6.45, 7) is -1.48. The molecular formula is C12H22O13S. The molecule has 14 heteroatoms. The van der Waals surface area contributed by atoms with Gasteiger partial charge >= 0.3 is 10.4 Å². The second kappa shape index (κ2) is 8.68. The summed E-state index contributed by atoms with van der Waals surface area (Å²) in [5.74, 6) is 0. The van der Waals surface area contributed by atoms with Crippen molar-refractivity contribution in [1.82, 2.24) is 0 Å². The van der Waals surface area contributed by atoms with Crippen molar-refractivity contribution in [3.8, 4) is 0 Å². The number of hydrogen-bond acceptors (Lipinski definition) is 12. The van der Waals surface area contributed by atoms with Gasteiger partial charge in [0.05, 0.1) is 19.3 Å². The quantitative estimate of drug-likeness (QED) is 0.207. The summed E-state index contributed by atoms with van der Waals surface area (Å²) in [7, 11) is -4.87. The Bertz CT molecular complexity index is 555. The maximum Gasteiger partial charge on any atom is 0.397 e. The summed E-state index contributed by atoms with van der Waals surface area (Å²) in [4.78, 5) is 0. The van der Waals surface area contributed by atoms with Crippen molar-refractivity contribution in [2.75, 3.05) is 13.2 Å². The highest BCUT2D eigenvalue weighted by Crippen LogP contribution is 2.28. The monoisotopic (exact) mass is 406 g/mol. The van der Waals surface area contributed by atoms with Gasteiger partial charge in [-0.1, -0.05) is 0 Å². The summed E-state index contributed by atoms with van der Waals surface area (Å²) in [5.41, 5.74) is 0. The van der Waals surface area contributed by atoms with E-state index in [1.165, 1.54) is 0 Å². The second-order valence-electron chi connectivity index (χ2n) is 5.96. The van der Waals surface area contributed by atoms with Crippen molar-refractivity contribution in [1.29, 1.82) is 0 Å². The fourth-order valence-corrected chi connectivity index (χ4v) is 2.99. The van der Waals surface area contributed by atoms with Crippen molar-refractivity contribution in [2.24, 2.45) is 0 Å². The first kappa shape index (κ1) is 21.8. The molecule has 154 valence electrons. The lowest BCUT2D eigenvalue weighted by molar-refractivity contribution is -0.343. The number of hydrogen-bond donors (Lipinski definition) is 7. The van der Waals surface area contributed by atoms with Crippen LogP contribution in [0.3, 0.4) is 0 Å². The lowest BCUT2D eigenvalue weighted by Crippen LogP contribution is -2.62. The number of aliphatic hydroxyl groups is 6. The van der Waals surface area contributed by atoms with Gasteiger partial charge in [-0.2, -0.15) is 8.42 Å². The van der Waals surface area contributed by atoms with Crippen LogP contribution in [0.2, 0.25) is 0 Å². The fraction of sp³-hybridized carbons (Fsp3) is 1.00. The summed E-state index contributed by atoms with van der Waals surface area (Å²) >= 11 is 0. The zero-order chi connectivity index (χ0) is 19.6. The molecule has 3 unspecified atom stereocenters. The van der Waals surface area contributed by atoms with Gasteiger partial charge in [-0.05, 0) is 0 Å². The van der Waals surface area contributed by atoms with Crippen molar-refractivity contribution in [3.05, 3.63) is 0 Å². The first-order valence-corrected chi connectivity index (χ1v) is 8.99. The van der Waals surface area contributed by atoms with Gasteiger partial charge in [-0.15, -0.1) is 0 Å². The zero-order valence-electron chi connectivity index (χ0n) is 13.3. The Morgan fingerprint density at radius 2 is 1.62 bits per heavy atom. The largest absolute Gasteiger partial charge is 0.397 e. The number of ether oxygens (including phenoxy) is 3. The van der Waals surface area contributed by atoms with Gasteiger partial charge in [0.2, 0.25) is 0 Å². The van der Waals surface area contributed by atoms with Crippen LogP contribution in [-0.2, 0) is 28.8 Å². The van der Waals surface area contributed by atoms with Crippen molar-refractivity contribution in [3.63, 3.8) is 0 Å². The summed E-state index contributed by atoms with van der Waals surface area (Å²) < 4.78 is 49.6. The Labute approximate surface area is 148 Å². The van der Waals surface area contributed by atoms with Gasteiger partial charge in [0.25, 0.3) is 0 Å². The van der Waals surface area contributed by atoms with Crippen LogP contribution < -0.4 is 0 Å². The zero-order valence-corrected chi connectivity index (χ0v) is 14.1. The molecular weight excluding hydrogens is 384 g/mol. The van der Waals surface area contributed by atoms with E-state index in [-0.39, 0.29) is 6.42 Å². The molecule has 2 heterocycles. The summed E-state index contributed by atoms with van der Waals surface area (Å²) in [6, 6.07) is 0. The average molecular weight is 406 g/mol. The van der Waals surface area contributed by atoms with Crippen LogP contribution in [0.25, 0.3) is 0 Å². The normalized spacial score (nSPS) is 44.8. The molecule has 9 atom stereocenters. The highest BCUT2D eigenvalue weighted by molar-refractivity contribution is 7.80. The minimum absolute atomic E-state index is 0.225. The third-order valence-electron chi connectivity index (χ3n) is 4.05. The topological polar surface area (TPSA) is 213 Å². The first-order chi connectivity index (χ1) is 12.0.